The molecule has 1 aliphatic carbocycles. The van der Waals surface area contributed by atoms with Gasteiger partial charge in [0.25, 0.3) is 11.5 Å². The highest BCUT2D eigenvalue weighted by Crippen LogP contribution is 2.33. The van der Waals surface area contributed by atoms with Gasteiger partial charge in [-0.25, -0.2) is 0 Å². The summed E-state index contributed by atoms with van der Waals surface area (Å²) < 4.78 is 3.87. The number of carbonyl (C=O) groups excluding carboxylic acids is 1. The number of hydrogen-bond acceptors (Lipinski definition) is 5. The minimum atomic E-state index is -0.333. The van der Waals surface area contributed by atoms with Gasteiger partial charge in [0.05, 0.1) is 6.54 Å². The fourth-order valence-corrected chi connectivity index (χ4v) is 5.10. The Morgan fingerprint density at radius 3 is 2.76 bits per heavy atom. The van der Waals surface area contributed by atoms with Crippen LogP contribution in [0.3, 0.4) is 0 Å². The molecule has 0 bridgehead atoms. The van der Waals surface area contributed by atoms with Crippen LogP contribution in [0.15, 0.2) is 52.5 Å². The molecule has 0 atom stereocenters. The summed E-state index contributed by atoms with van der Waals surface area (Å²) in [6.07, 6.45) is 10.1. The smallest absolute Gasteiger partial charge is 0.263 e. The van der Waals surface area contributed by atoms with Crippen LogP contribution in [-0.4, -0.2) is 38.0 Å². The number of amides is 1. The van der Waals surface area contributed by atoms with Crippen LogP contribution >= 0.6 is 11.8 Å². The van der Waals surface area contributed by atoms with Crippen molar-refractivity contribution in [3.63, 3.8) is 0 Å². The highest BCUT2D eigenvalue weighted by molar-refractivity contribution is 7.98. The number of hydrogen-bond donors (Lipinski definition) is 1. The fourth-order valence-electron chi connectivity index (χ4n) is 4.53. The second-order valence-electron chi connectivity index (χ2n) is 8.61. The number of benzene rings is 1. The van der Waals surface area contributed by atoms with Gasteiger partial charge in [-0.2, -0.15) is 0 Å². The standard InChI is InChI=1S/C25H31N5O2S/c1-18-8-5-9-19(16-18)17-29-15-7-12-21(24(29)32)23(31)26-14-6-13-22-27-28-25(33-2)30(22)20-10-3-4-11-20/h5,7-9,12,15-16,20H,3-4,6,10-11,13-14,17H2,1-2H3,(H,26,31). The van der Waals surface area contributed by atoms with E-state index in [4.69, 9.17) is 0 Å². The Bertz CT molecular complexity index is 1160. The molecule has 4 rings (SSSR count). The van der Waals surface area contributed by atoms with Gasteiger partial charge < -0.3 is 14.5 Å². The highest BCUT2D eigenvalue weighted by atomic mass is 32.2. The summed E-state index contributed by atoms with van der Waals surface area (Å²) >= 11 is 1.63. The summed E-state index contributed by atoms with van der Waals surface area (Å²) in [7, 11) is 0. The maximum Gasteiger partial charge on any atom is 0.263 e. The van der Waals surface area contributed by atoms with E-state index in [1.807, 2.05) is 37.4 Å². The third-order valence-electron chi connectivity index (χ3n) is 6.17. The van der Waals surface area contributed by atoms with E-state index < -0.39 is 0 Å². The van der Waals surface area contributed by atoms with E-state index >= 15 is 0 Å². The predicted molar refractivity (Wildman–Crippen MR) is 131 cm³/mol. The lowest BCUT2D eigenvalue weighted by atomic mass is 10.1. The van der Waals surface area contributed by atoms with Crippen LogP contribution in [-0.2, 0) is 13.0 Å². The highest BCUT2D eigenvalue weighted by Gasteiger charge is 2.23. The van der Waals surface area contributed by atoms with Gasteiger partial charge in [0, 0.05) is 25.2 Å². The molecule has 3 aromatic rings. The van der Waals surface area contributed by atoms with E-state index in [1.54, 1.807) is 34.7 Å². The second-order valence-corrected chi connectivity index (χ2v) is 9.39. The number of thioether (sulfide) groups is 1. The fraction of sp³-hybridized carbons (Fsp3) is 0.440. The Balaban J connectivity index is 1.35. The van der Waals surface area contributed by atoms with Gasteiger partial charge >= 0.3 is 0 Å². The molecule has 0 unspecified atom stereocenters. The number of nitrogens with zero attached hydrogens (tertiary/aromatic N) is 4. The lowest BCUT2D eigenvalue weighted by molar-refractivity contribution is 0.0951. The predicted octanol–water partition coefficient (Wildman–Crippen LogP) is 4.00. The van der Waals surface area contributed by atoms with Crippen LogP contribution in [0.5, 0.6) is 0 Å². The molecule has 1 aliphatic rings. The molecule has 0 radical (unpaired) electrons. The lowest BCUT2D eigenvalue weighted by Gasteiger charge is -2.16. The van der Waals surface area contributed by atoms with Gasteiger partial charge in [-0.05, 0) is 50.1 Å². The van der Waals surface area contributed by atoms with Crippen LogP contribution in [0.4, 0.5) is 0 Å². The molecule has 7 nitrogen and oxygen atoms in total. The Morgan fingerprint density at radius 2 is 2.00 bits per heavy atom. The van der Waals surface area contributed by atoms with Crippen molar-refractivity contribution in [2.45, 2.75) is 63.2 Å². The first-order chi connectivity index (χ1) is 16.1. The average molecular weight is 466 g/mol. The van der Waals surface area contributed by atoms with Crippen molar-refractivity contribution in [2.24, 2.45) is 0 Å². The summed E-state index contributed by atoms with van der Waals surface area (Å²) in [6.45, 7) is 2.95. The molecule has 1 N–H and O–H groups in total. The van der Waals surface area contributed by atoms with Crippen molar-refractivity contribution in [1.82, 2.24) is 24.6 Å². The molecule has 174 valence electrons. The van der Waals surface area contributed by atoms with E-state index in [9.17, 15) is 9.59 Å². The minimum Gasteiger partial charge on any atom is -0.352 e. The SMILES string of the molecule is CSc1nnc(CCCNC(=O)c2cccn(Cc3cccc(C)c3)c2=O)n1C1CCCC1. The minimum absolute atomic E-state index is 0.170. The number of carbonyl (C=O) groups is 1. The lowest BCUT2D eigenvalue weighted by Crippen LogP contribution is -2.33. The molecule has 2 aromatic heterocycles. The average Bonchev–Trinajstić information content (AvgIpc) is 3.47. The summed E-state index contributed by atoms with van der Waals surface area (Å²) in [6, 6.07) is 11.9. The number of rotatable bonds is 9. The van der Waals surface area contributed by atoms with Crippen LogP contribution in [0.1, 0.15) is 65.5 Å². The zero-order chi connectivity index (χ0) is 23.2. The van der Waals surface area contributed by atoms with Crippen LogP contribution in [0.25, 0.3) is 0 Å². The molecule has 2 heterocycles. The van der Waals surface area contributed by atoms with Crippen molar-refractivity contribution >= 4 is 17.7 Å². The number of pyridine rings is 1. The third kappa shape index (κ3) is 5.55. The van der Waals surface area contributed by atoms with Crippen molar-refractivity contribution in [1.29, 1.82) is 0 Å². The first-order valence-corrected chi connectivity index (χ1v) is 12.8. The van der Waals surface area contributed by atoms with Gasteiger partial charge in [0.1, 0.15) is 11.4 Å². The molecular weight excluding hydrogens is 434 g/mol. The molecule has 0 spiro atoms. The number of nitrogens with one attached hydrogen (secondary N) is 1. The molecule has 8 heteroatoms. The van der Waals surface area contributed by atoms with E-state index in [0.717, 1.165) is 34.9 Å². The third-order valence-corrected chi connectivity index (χ3v) is 6.81. The second kappa shape index (κ2) is 10.8. The molecular formula is C25H31N5O2S. The van der Waals surface area contributed by atoms with E-state index in [2.05, 4.69) is 20.1 Å². The first kappa shape index (κ1) is 23.3. The molecule has 1 saturated carbocycles. The van der Waals surface area contributed by atoms with Crippen molar-refractivity contribution in [3.8, 4) is 0 Å². The topological polar surface area (TPSA) is 81.8 Å². The first-order valence-electron chi connectivity index (χ1n) is 11.6. The van der Waals surface area contributed by atoms with Gasteiger partial charge in [-0.15, -0.1) is 10.2 Å². The molecule has 1 amide bonds. The van der Waals surface area contributed by atoms with E-state index in [1.165, 1.54) is 25.7 Å². The van der Waals surface area contributed by atoms with Crippen LogP contribution in [0.2, 0.25) is 0 Å². The summed E-state index contributed by atoms with van der Waals surface area (Å²) in [5, 5.41) is 12.6. The Hall–Kier alpha value is -2.87. The monoisotopic (exact) mass is 465 g/mol. The van der Waals surface area contributed by atoms with E-state index in [0.29, 0.717) is 19.1 Å². The summed E-state index contributed by atoms with van der Waals surface area (Å²) in [4.78, 5) is 25.6. The van der Waals surface area contributed by atoms with Gasteiger partial charge in [-0.1, -0.05) is 54.4 Å². The van der Waals surface area contributed by atoms with Crippen molar-refractivity contribution in [3.05, 3.63) is 75.5 Å². The molecule has 0 saturated heterocycles. The Kier molecular flexibility index (Phi) is 7.65. The maximum absolute atomic E-state index is 12.9. The molecule has 1 aromatic carbocycles. The molecule has 1 fully saturated rings. The Labute approximate surface area is 198 Å². The zero-order valence-electron chi connectivity index (χ0n) is 19.3. The molecule has 0 aliphatic heterocycles. The van der Waals surface area contributed by atoms with Crippen molar-refractivity contribution < 1.29 is 4.79 Å². The van der Waals surface area contributed by atoms with Crippen LogP contribution in [0, 0.1) is 6.92 Å². The quantitative estimate of drug-likeness (QED) is 0.382. The number of aromatic nitrogens is 4. The normalized spacial score (nSPS) is 14.0. The van der Waals surface area contributed by atoms with Gasteiger partial charge in [0.2, 0.25) is 0 Å². The summed E-state index contributed by atoms with van der Waals surface area (Å²) in [5.74, 6) is 0.654. The zero-order valence-corrected chi connectivity index (χ0v) is 20.1. The summed E-state index contributed by atoms with van der Waals surface area (Å²) in [5.41, 5.74) is 2.07. The largest absolute Gasteiger partial charge is 0.352 e. The van der Waals surface area contributed by atoms with Gasteiger partial charge in [-0.3, -0.25) is 9.59 Å². The van der Waals surface area contributed by atoms with E-state index in [-0.39, 0.29) is 17.0 Å². The number of aryl methyl sites for hydroxylation is 2. The molecule has 33 heavy (non-hydrogen) atoms. The van der Waals surface area contributed by atoms with Gasteiger partial charge in [0.15, 0.2) is 5.16 Å². The maximum atomic E-state index is 12.9. The van der Waals surface area contributed by atoms with Crippen molar-refractivity contribution in [2.75, 3.05) is 12.8 Å². The van der Waals surface area contributed by atoms with Crippen LogP contribution < -0.4 is 10.9 Å². The Morgan fingerprint density at radius 1 is 1.18 bits per heavy atom.